The van der Waals surface area contributed by atoms with E-state index in [4.69, 9.17) is 22.1 Å². The van der Waals surface area contributed by atoms with Crippen molar-refractivity contribution in [2.45, 2.75) is 12.0 Å². The normalized spacial score (nSPS) is 17.4. The van der Waals surface area contributed by atoms with Crippen molar-refractivity contribution in [3.8, 4) is 5.75 Å². The molecule has 0 radical (unpaired) electrons. The van der Waals surface area contributed by atoms with Crippen LogP contribution in [0.2, 0.25) is 5.02 Å². The first-order chi connectivity index (χ1) is 16.3. The summed E-state index contributed by atoms with van der Waals surface area (Å²) >= 11 is 9.09. The van der Waals surface area contributed by atoms with Crippen LogP contribution >= 0.6 is 27.5 Å². The number of hydrogen-bond acceptors (Lipinski definition) is 4. The lowest BCUT2D eigenvalue weighted by Gasteiger charge is -2.31. The quantitative estimate of drug-likeness (QED) is 0.437. The number of anilines is 1. The monoisotopic (exact) mass is 545 g/mol. The van der Waals surface area contributed by atoms with Crippen molar-refractivity contribution in [3.63, 3.8) is 0 Å². The molecule has 1 heterocycles. The summed E-state index contributed by atoms with van der Waals surface area (Å²) in [4.78, 5) is 27.6. The first kappa shape index (κ1) is 24.0. The van der Waals surface area contributed by atoms with Crippen molar-refractivity contribution < 1.29 is 18.7 Å². The summed E-state index contributed by atoms with van der Waals surface area (Å²) in [6, 6.07) is 18.5. The van der Waals surface area contributed by atoms with Gasteiger partial charge in [0.15, 0.2) is 18.2 Å². The standard InChI is InChI=1S/C25H22BrClFN3O3/c26-19-8-6-16(12-21(19)29)24(33)30-25(17-4-2-1-3-5-17)10-11-31(15-25)23(32)14-34-22-9-7-18(27)13-20(22)28/h1-9,12-13H,10-11,14-15,29H2,(H,30,33). The molecule has 4 rings (SSSR count). The molecule has 2 amide bonds. The number of ether oxygens (including phenoxy) is 1. The number of carbonyl (C=O) groups excluding carboxylic acids is 2. The van der Waals surface area contributed by atoms with Crippen LogP contribution < -0.4 is 15.8 Å². The van der Waals surface area contributed by atoms with Crippen LogP contribution in [-0.4, -0.2) is 36.4 Å². The Labute approximate surface area is 210 Å². The van der Waals surface area contributed by atoms with E-state index in [1.807, 2.05) is 30.3 Å². The van der Waals surface area contributed by atoms with Gasteiger partial charge in [-0.05, 0) is 64.3 Å². The number of amides is 2. The van der Waals surface area contributed by atoms with Crippen LogP contribution in [0, 0.1) is 5.82 Å². The minimum Gasteiger partial charge on any atom is -0.481 e. The van der Waals surface area contributed by atoms with Crippen LogP contribution in [0.1, 0.15) is 22.3 Å². The zero-order chi connectivity index (χ0) is 24.3. The van der Waals surface area contributed by atoms with Gasteiger partial charge >= 0.3 is 0 Å². The highest BCUT2D eigenvalue weighted by atomic mass is 79.9. The number of benzene rings is 3. The maximum Gasteiger partial charge on any atom is 0.260 e. The van der Waals surface area contributed by atoms with E-state index in [1.54, 1.807) is 23.1 Å². The van der Waals surface area contributed by atoms with Gasteiger partial charge in [-0.25, -0.2) is 4.39 Å². The average Bonchev–Trinajstić information content (AvgIpc) is 3.26. The molecule has 1 fully saturated rings. The fourth-order valence-electron chi connectivity index (χ4n) is 3.99. The zero-order valence-electron chi connectivity index (χ0n) is 18.1. The van der Waals surface area contributed by atoms with Crippen LogP contribution in [0.4, 0.5) is 10.1 Å². The second kappa shape index (κ2) is 10.0. The Kier molecular flexibility index (Phi) is 7.09. The van der Waals surface area contributed by atoms with Crippen LogP contribution in [0.15, 0.2) is 71.2 Å². The van der Waals surface area contributed by atoms with Crippen LogP contribution in [0.25, 0.3) is 0 Å². The first-order valence-electron chi connectivity index (χ1n) is 10.6. The zero-order valence-corrected chi connectivity index (χ0v) is 20.4. The van der Waals surface area contributed by atoms with Gasteiger partial charge in [-0.2, -0.15) is 0 Å². The Morgan fingerprint density at radius 3 is 2.62 bits per heavy atom. The third-order valence-electron chi connectivity index (χ3n) is 5.80. The minimum absolute atomic E-state index is 0.0487. The predicted octanol–water partition coefficient (Wildman–Crippen LogP) is 4.76. The molecule has 1 saturated heterocycles. The van der Waals surface area contributed by atoms with Crippen molar-refractivity contribution in [2.24, 2.45) is 0 Å². The maximum atomic E-state index is 14.0. The highest BCUT2D eigenvalue weighted by Crippen LogP contribution is 2.33. The molecule has 1 atom stereocenters. The van der Waals surface area contributed by atoms with E-state index in [0.717, 1.165) is 11.6 Å². The lowest BCUT2D eigenvalue weighted by atomic mass is 9.88. The van der Waals surface area contributed by atoms with E-state index < -0.39 is 11.4 Å². The largest absolute Gasteiger partial charge is 0.481 e. The van der Waals surface area contributed by atoms with Crippen molar-refractivity contribution in [2.75, 3.05) is 25.4 Å². The van der Waals surface area contributed by atoms with Crippen molar-refractivity contribution >= 4 is 45.0 Å². The van der Waals surface area contributed by atoms with Gasteiger partial charge in [-0.15, -0.1) is 0 Å². The van der Waals surface area contributed by atoms with E-state index in [9.17, 15) is 14.0 Å². The molecule has 0 aliphatic carbocycles. The van der Waals surface area contributed by atoms with Crippen LogP contribution in [-0.2, 0) is 10.3 Å². The van der Waals surface area contributed by atoms with E-state index in [-0.39, 0.29) is 35.7 Å². The summed E-state index contributed by atoms with van der Waals surface area (Å²) in [6.45, 7) is 0.323. The summed E-state index contributed by atoms with van der Waals surface area (Å²) in [5, 5.41) is 3.37. The van der Waals surface area contributed by atoms with Crippen molar-refractivity contribution in [1.29, 1.82) is 0 Å². The Balaban J connectivity index is 1.51. The molecule has 0 aromatic heterocycles. The van der Waals surface area contributed by atoms with Crippen molar-refractivity contribution in [3.05, 3.63) is 93.2 Å². The van der Waals surface area contributed by atoms with Gasteiger partial charge < -0.3 is 20.7 Å². The molecule has 1 aliphatic heterocycles. The summed E-state index contributed by atoms with van der Waals surface area (Å²) in [7, 11) is 0. The number of halogens is 3. The molecule has 3 aromatic carbocycles. The molecule has 1 aliphatic rings. The Morgan fingerprint density at radius 1 is 1.15 bits per heavy atom. The highest BCUT2D eigenvalue weighted by Gasteiger charge is 2.42. The number of hydrogen-bond donors (Lipinski definition) is 2. The maximum absolute atomic E-state index is 14.0. The minimum atomic E-state index is -0.790. The van der Waals surface area contributed by atoms with Gasteiger partial charge in [0.1, 0.15) is 0 Å². The SMILES string of the molecule is Nc1cc(C(=O)NC2(c3ccccc3)CCN(C(=O)COc3ccc(Cl)cc3F)C2)ccc1Br. The fourth-order valence-corrected chi connectivity index (χ4v) is 4.39. The topological polar surface area (TPSA) is 84.7 Å². The highest BCUT2D eigenvalue weighted by molar-refractivity contribution is 9.10. The summed E-state index contributed by atoms with van der Waals surface area (Å²) in [5.41, 5.74) is 6.91. The average molecular weight is 547 g/mol. The van der Waals surface area contributed by atoms with Gasteiger partial charge in [0, 0.05) is 33.8 Å². The van der Waals surface area contributed by atoms with Gasteiger partial charge in [-0.1, -0.05) is 41.9 Å². The fraction of sp³-hybridized carbons (Fsp3) is 0.200. The van der Waals surface area contributed by atoms with Gasteiger partial charge in [0.05, 0.1) is 5.54 Å². The molecule has 6 nitrogen and oxygen atoms in total. The van der Waals surface area contributed by atoms with Crippen LogP contribution in [0.5, 0.6) is 5.75 Å². The number of carbonyl (C=O) groups is 2. The summed E-state index contributed by atoms with van der Waals surface area (Å²) in [5.74, 6) is -1.29. The third-order valence-corrected chi connectivity index (χ3v) is 6.76. The number of nitrogens with one attached hydrogen (secondary N) is 1. The molecule has 0 spiro atoms. The molecule has 0 saturated carbocycles. The van der Waals surface area contributed by atoms with Gasteiger partial charge in [0.25, 0.3) is 11.8 Å². The smallest absolute Gasteiger partial charge is 0.260 e. The molecule has 1 unspecified atom stereocenters. The van der Waals surface area contributed by atoms with E-state index in [0.29, 0.717) is 28.7 Å². The summed E-state index contributed by atoms with van der Waals surface area (Å²) in [6.07, 6.45) is 0.510. The lowest BCUT2D eigenvalue weighted by molar-refractivity contribution is -0.132. The summed E-state index contributed by atoms with van der Waals surface area (Å²) < 4.78 is 20.1. The second-order valence-electron chi connectivity index (χ2n) is 8.07. The number of likely N-dealkylation sites (tertiary alicyclic amines) is 1. The molecular weight excluding hydrogens is 525 g/mol. The van der Waals surface area contributed by atoms with Gasteiger partial charge in [0.2, 0.25) is 0 Å². The predicted molar refractivity (Wildman–Crippen MR) is 132 cm³/mol. The van der Waals surface area contributed by atoms with Gasteiger partial charge in [-0.3, -0.25) is 9.59 Å². The lowest BCUT2D eigenvalue weighted by Crippen LogP contribution is -2.49. The first-order valence-corrected chi connectivity index (χ1v) is 11.7. The number of nitrogens with zero attached hydrogens (tertiary/aromatic N) is 1. The second-order valence-corrected chi connectivity index (χ2v) is 9.36. The molecule has 0 bridgehead atoms. The number of nitrogen functional groups attached to an aromatic ring is 1. The molecule has 3 N–H and O–H groups in total. The van der Waals surface area contributed by atoms with Crippen molar-refractivity contribution in [1.82, 2.24) is 10.2 Å². The van der Waals surface area contributed by atoms with E-state index in [2.05, 4.69) is 21.2 Å². The third kappa shape index (κ3) is 5.18. The van der Waals surface area contributed by atoms with E-state index >= 15 is 0 Å². The molecule has 34 heavy (non-hydrogen) atoms. The molecular formula is C25H22BrClFN3O3. The Hall–Kier alpha value is -3.10. The molecule has 3 aromatic rings. The van der Waals surface area contributed by atoms with Crippen LogP contribution in [0.3, 0.4) is 0 Å². The molecule has 176 valence electrons. The number of nitrogens with two attached hydrogens (primary N) is 1. The Bertz CT molecular complexity index is 1230. The number of rotatable bonds is 6. The molecule has 9 heteroatoms. The van der Waals surface area contributed by atoms with E-state index in [1.165, 1.54) is 12.1 Å². The Morgan fingerprint density at radius 2 is 1.91 bits per heavy atom.